The molecule has 0 bridgehead atoms. The van der Waals surface area contributed by atoms with Crippen molar-refractivity contribution in [1.82, 2.24) is 5.32 Å². The monoisotopic (exact) mass is 399 g/mol. The van der Waals surface area contributed by atoms with Gasteiger partial charge < -0.3 is 19.9 Å². The second-order valence-corrected chi connectivity index (χ2v) is 8.53. The predicted octanol–water partition coefficient (Wildman–Crippen LogP) is 5.10. The number of aliphatic hydroxyl groups excluding tert-OH is 1. The van der Waals surface area contributed by atoms with Crippen LogP contribution in [0.2, 0.25) is 0 Å². The fraction of sp³-hybridized carbons (Fsp3) is 0.458. The first kappa shape index (κ1) is 22.8. The van der Waals surface area contributed by atoms with Crippen molar-refractivity contribution in [2.75, 3.05) is 6.61 Å². The van der Waals surface area contributed by atoms with Crippen LogP contribution in [0, 0.1) is 11.8 Å². The summed E-state index contributed by atoms with van der Waals surface area (Å²) >= 11 is 0. The summed E-state index contributed by atoms with van der Waals surface area (Å²) in [6.45, 7) is 9.88. The SMILES string of the molecule is CC(C)[C@H](CO)[C@H](NC(=O)OC(C)(C)C)c1ccccc1OCc1ccccc1. The molecule has 2 atom stereocenters. The summed E-state index contributed by atoms with van der Waals surface area (Å²) in [5, 5.41) is 13.0. The number of ether oxygens (including phenoxy) is 2. The van der Waals surface area contributed by atoms with Crippen LogP contribution < -0.4 is 10.1 Å². The van der Waals surface area contributed by atoms with Crippen LogP contribution in [0.5, 0.6) is 5.75 Å². The number of para-hydroxylation sites is 1. The molecule has 0 aliphatic heterocycles. The molecule has 2 aromatic rings. The molecule has 29 heavy (non-hydrogen) atoms. The largest absolute Gasteiger partial charge is 0.489 e. The quantitative estimate of drug-likeness (QED) is 0.648. The highest BCUT2D eigenvalue weighted by atomic mass is 16.6. The Hall–Kier alpha value is -2.53. The van der Waals surface area contributed by atoms with E-state index in [9.17, 15) is 9.90 Å². The first-order valence-corrected chi connectivity index (χ1v) is 10.1. The van der Waals surface area contributed by atoms with E-state index in [4.69, 9.17) is 9.47 Å². The van der Waals surface area contributed by atoms with Crippen molar-refractivity contribution in [2.24, 2.45) is 11.8 Å². The van der Waals surface area contributed by atoms with Crippen molar-refractivity contribution in [3.05, 3.63) is 65.7 Å². The van der Waals surface area contributed by atoms with E-state index in [2.05, 4.69) is 5.32 Å². The lowest BCUT2D eigenvalue weighted by atomic mass is 9.84. The highest BCUT2D eigenvalue weighted by Crippen LogP contribution is 2.34. The Kier molecular flexibility index (Phi) is 8.09. The number of carbonyl (C=O) groups is 1. The Morgan fingerprint density at radius 3 is 2.24 bits per heavy atom. The van der Waals surface area contributed by atoms with Crippen LogP contribution in [-0.4, -0.2) is 23.4 Å². The van der Waals surface area contributed by atoms with Crippen LogP contribution in [0.25, 0.3) is 0 Å². The Morgan fingerprint density at radius 2 is 1.66 bits per heavy atom. The first-order chi connectivity index (χ1) is 13.7. The number of amides is 1. The van der Waals surface area contributed by atoms with Gasteiger partial charge in [0, 0.05) is 18.1 Å². The van der Waals surface area contributed by atoms with Gasteiger partial charge in [-0.3, -0.25) is 0 Å². The van der Waals surface area contributed by atoms with Crippen LogP contribution in [-0.2, 0) is 11.3 Å². The molecule has 2 rings (SSSR count). The Balaban J connectivity index is 2.30. The third-order valence-corrected chi connectivity index (χ3v) is 4.66. The molecule has 0 heterocycles. The van der Waals surface area contributed by atoms with Crippen LogP contribution in [0.3, 0.4) is 0 Å². The number of carbonyl (C=O) groups excluding carboxylic acids is 1. The van der Waals surface area contributed by atoms with Crippen LogP contribution in [0.4, 0.5) is 4.79 Å². The fourth-order valence-corrected chi connectivity index (χ4v) is 3.16. The van der Waals surface area contributed by atoms with Gasteiger partial charge in [0.2, 0.25) is 0 Å². The summed E-state index contributed by atoms with van der Waals surface area (Å²) < 4.78 is 11.5. The average Bonchev–Trinajstić information content (AvgIpc) is 2.65. The normalized spacial score (nSPS) is 13.6. The van der Waals surface area contributed by atoms with Crippen molar-refractivity contribution in [1.29, 1.82) is 0 Å². The molecule has 0 unspecified atom stereocenters. The van der Waals surface area contributed by atoms with Gasteiger partial charge in [-0.2, -0.15) is 0 Å². The molecule has 1 amide bonds. The van der Waals surface area contributed by atoms with Gasteiger partial charge >= 0.3 is 6.09 Å². The standard InChI is InChI=1S/C24H33NO4/c1-17(2)20(15-26)22(25-23(27)29-24(3,4)5)19-13-9-10-14-21(19)28-16-18-11-7-6-8-12-18/h6-14,17,20,22,26H,15-16H2,1-5H3,(H,25,27)/t20-,22+/m0/s1. The van der Waals surface area contributed by atoms with Crippen molar-refractivity contribution in [3.63, 3.8) is 0 Å². The second-order valence-electron chi connectivity index (χ2n) is 8.53. The van der Waals surface area contributed by atoms with E-state index >= 15 is 0 Å². The van der Waals surface area contributed by atoms with Crippen molar-refractivity contribution in [2.45, 2.75) is 52.9 Å². The van der Waals surface area contributed by atoms with E-state index in [-0.39, 0.29) is 18.4 Å². The van der Waals surface area contributed by atoms with Gasteiger partial charge in [0.25, 0.3) is 0 Å². The molecular formula is C24H33NO4. The highest BCUT2D eigenvalue weighted by molar-refractivity contribution is 5.68. The number of aliphatic hydroxyl groups is 1. The maximum Gasteiger partial charge on any atom is 0.408 e. The van der Waals surface area contributed by atoms with Gasteiger partial charge in [0.15, 0.2) is 0 Å². The summed E-state index contributed by atoms with van der Waals surface area (Å²) in [7, 11) is 0. The molecule has 0 radical (unpaired) electrons. The predicted molar refractivity (Wildman–Crippen MR) is 115 cm³/mol. The summed E-state index contributed by atoms with van der Waals surface area (Å²) in [4.78, 5) is 12.5. The topological polar surface area (TPSA) is 67.8 Å². The van der Waals surface area contributed by atoms with Crippen molar-refractivity contribution < 1.29 is 19.4 Å². The van der Waals surface area contributed by atoms with E-state index in [0.717, 1.165) is 11.1 Å². The molecule has 0 spiro atoms. The van der Waals surface area contributed by atoms with E-state index < -0.39 is 17.7 Å². The molecule has 0 aliphatic carbocycles. The van der Waals surface area contributed by atoms with Gasteiger partial charge in [-0.25, -0.2) is 4.79 Å². The second kappa shape index (κ2) is 10.3. The minimum atomic E-state index is -0.607. The molecule has 0 saturated heterocycles. The number of rotatable bonds is 8. The number of hydrogen-bond acceptors (Lipinski definition) is 4. The molecule has 0 fully saturated rings. The van der Waals surface area contributed by atoms with E-state index in [1.165, 1.54) is 0 Å². The highest BCUT2D eigenvalue weighted by Gasteiger charge is 2.31. The van der Waals surface area contributed by atoms with Gasteiger partial charge in [0.1, 0.15) is 18.0 Å². The number of hydrogen-bond donors (Lipinski definition) is 2. The van der Waals surface area contributed by atoms with Crippen LogP contribution >= 0.6 is 0 Å². The lowest BCUT2D eigenvalue weighted by molar-refractivity contribution is 0.0449. The Bertz CT molecular complexity index is 768. The molecule has 0 saturated carbocycles. The van der Waals surface area contributed by atoms with Crippen molar-refractivity contribution >= 4 is 6.09 Å². The molecule has 2 N–H and O–H groups in total. The molecule has 5 heteroatoms. The smallest absolute Gasteiger partial charge is 0.408 e. The summed E-state index contributed by atoms with van der Waals surface area (Å²) in [5.74, 6) is 0.627. The lowest BCUT2D eigenvalue weighted by Gasteiger charge is -2.32. The summed E-state index contributed by atoms with van der Waals surface area (Å²) in [5.41, 5.74) is 1.27. The van der Waals surface area contributed by atoms with Gasteiger partial charge in [-0.15, -0.1) is 0 Å². The van der Waals surface area contributed by atoms with E-state index in [1.54, 1.807) is 0 Å². The molecule has 0 aromatic heterocycles. The maximum absolute atomic E-state index is 12.5. The first-order valence-electron chi connectivity index (χ1n) is 10.1. The fourth-order valence-electron chi connectivity index (χ4n) is 3.16. The summed E-state index contributed by atoms with van der Waals surface area (Å²) in [6, 6.07) is 17.1. The Labute approximate surface area is 174 Å². The molecular weight excluding hydrogens is 366 g/mol. The molecule has 0 aliphatic rings. The zero-order valence-corrected chi connectivity index (χ0v) is 18.0. The Morgan fingerprint density at radius 1 is 1.03 bits per heavy atom. The zero-order chi connectivity index (χ0) is 21.4. The van der Waals surface area contributed by atoms with Gasteiger partial charge in [-0.05, 0) is 38.3 Å². The van der Waals surface area contributed by atoms with E-state index in [1.807, 2.05) is 89.2 Å². The lowest BCUT2D eigenvalue weighted by Crippen LogP contribution is -2.40. The van der Waals surface area contributed by atoms with Crippen LogP contribution in [0.15, 0.2) is 54.6 Å². The number of benzene rings is 2. The minimum absolute atomic E-state index is 0.0643. The van der Waals surface area contributed by atoms with Gasteiger partial charge in [-0.1, -0.05) is 62.4 Å². The zero-order valence-electron chi connectivity index (χ0n) is 18.0. The summed E-state index contributed by atoms with van der Waals surface area (Å²) in [6.07, 6.45) is -0.514. The van der Waals surface area contributed by atoms with Crippen LogP contribution in [0.1, 0.15) is 51.8 Å². The number of nitrogens with one attached hydrogen (secondary N) is 1. The third kappa shape index (κ3) is 7.09. The number of alkyl carbamates (subject to hydrolysis) is 1. The minimum Gasteiger partial charge on any atom is -0.489 e. The third-order valence-electron chi connectivity index (χ3n) is 4.66. The maximum atomic E-state index is 12.5. The van der Waals surface area contributed by atoms with E-state index in [0.29, 0.717) is 12.4 Å². The van der Waals surface area contributed by atoms with Gasteiger partial charge in [0.05, 0.1) is 6.04 Å². The average molecular weight is 400 g/mol. The molecule has 158 valence electrons. The van der Waals surface area contributed by atoms with Crippen molar-refractivity contribution in [3.8, 4) is 5.75 Å². The molecule has 5 nitrogen and oxygen atoms in total. The molecule has 2 aromatic carbocycles.